The molecule has 23 heavy (non-hydrogen) atoms. The number of carbonyl (C=O) groups excluding carboxylic acids is 2. The van der Waals surface area contributed by atoms with Crippen LogP contribution in [0.2, 0.25) is 0 Å². The van der Waals surface area contributed by atoms with Gasteiger partial charge in [0.25, 0.3) is 0 Å². The summed E-state index contributed by atoms with van der Waals surface area (Å²) in [5.41, 5.74) is 1.93. The standard InChI is InChI=1S/C18H26N2O3/c1-4-19(12-17(22)15-9-7-13(2)8-10-15)18(23)16-6-5-11-20(16)14(3)21/h7-10,16-17,22H,4-6,11-12H2,1-3H3. The summed E-state index contributed by atoms with van der Waals surface area (Å²) < 4.78 is 0. The normalized spacial score (nSPS) is 18.8. The third kappa shape index (κ3) is 4.10. The Labute approximate surface area is 137 Å². The average Bonchev–Trinajstić information content (AvgIpc) is 3.02. The van der Waals surface area contributed by atoms with Crippen molar-refractivity contribution < 1.29 is 14.7 Å². The lowest BCUT2D eigenvalue weighted by Gasteiger charge is -2.30. The summed E-state index contributed by atoms with van der Waals surface area (Å²) in [4.78, 5) is 27.7. The largest absolute Gasteiger partial charge is 0.387 e. The first-order chi connectivity index (χ1) is 10.9. The van der Waals surface area contributed by atoms with Gasteiger partial charge in [-0.1, -0.05) is 29.8 Å². The Morgan fingerprint density at radius 3 is 2.57 bits per heavy atom. The van der Waals surface area contributed by atoms with Gasteiger partial charge in [-0.3, -0.25) is 9.59 Å². The number of carbonyl (C=O) groups is 2. The maximum absolute atomic E-state index is 12.7. The predicted octanol–water partition coefficient (Wildman–Crippen LogP) is 1.89. The van der Waals surface area contributed by atoms with E-state index < -0.39 is 6.10 Å². The fraction of sp³-hybridized carbons (Fsp3) is 0.556. The van der Waals surface area contributed by atoms with Crippen molar-refractivity contribution in [1.29, 1.82) is 0 Å². The molecule has 1 fully saturated rings. The van der Waals surface area contributed by atoms with Gasteiger partial charge in [0.2, 0.25) is 11.8 Å². The lowest BCUT2D eigenvalue weighted by molar-refractivity contribution is -0.143. The molecule has 5 nitrogen and oxygen atoms in total. The molecule has 0 aliphatic carbocycles. The summed E-state index contributed by atoms with van der Waals surface area (Å²) in [7, 11) is 0. The highest BCUT2D eigenvalue weighted by atomic mass is 16.3. The van der Waals surface area contributed by atoms with Crippen molar-refractivity contribution >= 4 is 11.8 Å². The highest BCUT2D eigenvalue weighted by molar-refractivity contribution is 5.87. The van der Waals surface area contributed by atoms with Gasteiger partial charge in [0.05, 0.1) is 12.6 Å². The first-order valence-electron chi connectivity index (χ1n) is 8.24. The van der Waals surface area contributed by atoms with Crippen LogP contribution in [-0.4, -0.2) is 52.4 Å². The molecular formula is C18H26N2O3. The van der Waals surface area contributed by atoms with Crippen molar-refractivity contribution in [3.63, 3.8) is 0 Å². The van der Waals surface area contributed by atoms with E-state index in [2.05, 4.69) is 0 Å². The van der Waals surface area contributed by atoms with Gasteiger partial charge in [0.1, 0.15) is 6.04 Å². The molecule has 1 N–H and O–H groups in total. The van der Waals surface area contributed by atoms with Crippen LogP contribution in [0.3, 0.4) is 0 Å². The van der Waals surface area contributed by atoms with Crippen LogP contribution in [0, 0.1) is 6.92 Å². The molecular weight excluding hydrogens is 292 g/mol. The lowest BCUT2D eigenvalue weighted by Crippen LogP contribution is -2.48. The molecule has 5 heteroatoms. The molecule has 1 aliphatic rings. The molecule has 1 aromatic rings. The maximum atomic E-state index is 12.7. The number of likely N-dealkylation sites (N-methyl/N-ethyl adjacent to an activating group) is 1. The zero-order valence-corrected chi connectivity index (χ0v) is 14.2. The van der Waals surface area contributed by atoms with Crippen molar-refractivity contribution in [2.45, 2.75) is 45.8 Å². The van der Waals surface area contributed by atoms with Crippen molar-refractivity contribution in [1.82, 2.24) is 9.80 Å². The summed E-state index contributed by atoms with van der Waals surface area (Å²) in [6.07, 6.45) is 0.843. The van der Waals surface area contributed by atoms with Crippen LogP contribution in [0.1, 0.15) is 43.9 Å². The van der Waals surface area contributed by atoms with Gasteiger partial charge in [-0.15, -0.1) is 0 Å². The van der Waals surface area contributed by atoms with Crippen LogP contribution in [0.4, 0.5) is 0 Å². The zero-order valence-electron chi connectivity index (χ0n) is 14.2. The van der Waals surface area contributed by atoms with Gasteiger partial charge in [-0.05, 0) is 32.3 Å². The Bertz CT molecular complexity index is 556. The number of aliphatic hydroxyl groups excluding tert-OH is 1. The van der Waals surface area contributed by atoms with E-state index in [9.17, 15) is 14.7 Å². The third-order valence-electron chi connectivity index (χ3n) is 4.49. The van der Waals surface area contributed by atoms with E-state index in [0.717, 1.165) is 17.5 Å². The van der Waals surface area contributed by atoms with E-state index in [-0.39, 0.29) is 24.4 Å². The molecule has 1 aliphatic heterocycles. The number of hydrogen-bond donors (Lipinski definition) is 1. The van der Waals surface area contributed by atoms with Gasteiger partial charge >= 0.3 is 0 Å². The molecule has 2 unspecified atom stereocenters. The van der Waals surface area contributed by atoms with Gasteiger partial charge in [0, 0.05) is 20.0 Å². The number of amides is 2. The lowest BCUT2D eigenvalue weighted by atomic mass is 10.1. The Hall–Kier alpha value is -1.88. The van der Waals surface area contributed by atoms with E-state index in [1.54, 1.807) is 9.80 Å². The topological polar surface area (TPSA) is 60.9 Å². The van der Waals surface area contributed by atoms with Crippen molar-refractivity contribution in [2.24, 2.45) is 0 Å². The number of likely N-dealkylation sites (tertiary alicyclic amines) is 1. The summed E-state index contributed by atoms with van der Waals surface area (Å²) in [6.45, 7) is 6.80. The number of hydrogen-bond acceptors (Lipinski definition) is 3. The Morgan fingerprint density at radius 1 is 1.35 bits per heavy atom. The van der Waals surface area contributed by atoms with Gasteiger partial charge < -0.3 is 14.9 Å². The molecule has 0 spiro atoms. The van der Waals surface area contributed by atoms with Crippen LogP contribution in [0.25, 0.3) is 0 Å². The first-order valence-corrected chi connectivity index (χ1v) is 8.24. The van der Waals surface area contributed by atoms with Crippen molar-refractivity contribution in [3.05, 3.63) is 35.4 Å². The molecule has 0 radical (unpaired) electrons. The van der Waals surface area contributed by atoms with E-state index in [0.29, 0.717) is 19.5 Å². The summed E-state index contributed by atoms with van der Waals surface area (Å²) in [5, 5.41) is 10.4. The van der Waals surface area contributed by atoms with Crippen LogP contribution >= 0.6 is 0 Å². The SMILES string of the molecule is CCN(CC(O)c1ccc(C)cc1)C(=O)C1CCCN1C(C)=O. The minimum absolute atomic E-state index is 0.0593. The van der Waals surface area contributed by atoms with E-state index in [1.165, 1.54) is 6.92 Å². The van der Waals surface area contributed by atoms with E-state index in [1.807, 2.05) is 38.1 Å². The molecule has 2 atom stereocenters. The molecule has 2 amide bonds. The molecule has 0 saturated carbocycles. The molecule has 1 heterocycles. The van der Waals surface area contributed by atoms with Crippen molar-refractivity contribution in [3.8, 4) is 0 Å². The highest BCUT2D eigenvalue weighted by Gasteiger charge is 2.35. The number of benzene rings is 1. The number of aliphatic hydroxyl groups is 1. The van der Waals surface area contributed by atoms with Crippen LogP contribution in [0.15, 0.2) is 24.3 Å². The molecule has 126 valence electrons. The van der Waals surface area contributed by atoms with E-state index >= 15 is 0 Å². The minimum Gasteiger partial charge on any atom is -0.387 e. The molecule has 2 rings (SSSR count). The molecule has 0 aromatic heterocycles. The highest BCUT2D eigenvalue weighted by Crippen LogP contribution is 2.21. The number of aryl methyl sites for hydroxylation is 1. The average molecular weight is 318 g/mol. The summed E-state index contributed by atoms with van der Waals surface area (Å²) >= 11 is 0. The Morgan fingerprint density at radius 2 is 2.00 bits per heavy atom. The fourth-order valence-electron chi connectivity index (χ4n) is 3.09. The van der Waals surface area contributed by atoms with Gasteiger partial charge in [-0.2, -0.15) is 0 Å². The van der Waals surface area contributed by atoms with Crippen LogP contribution in [-0.2, 0) is 9.59 Å². The van der Waals surface area contributed by atoms with E-state index in [4.69, 9.17) is 0 Å². The predicted molar refractivity (Wildman–Crippen MR) is 88.8 cm³/mol. The molecule has 1 aromatic carbocycles. The first kappa shape index (κ1) is 17.5. The molecule has 0 bridgehead atoms. The Kier molecular flexibility index (Phi) is 5.77. The number of rotatable bonds is 5. The van der Waals surface area contributed by atoms with Crippen LogP contribution < -0.4 is 0 Å². The monoisotopic (exact) mass is 318 g/mol. The van der Waals surface area contributed by atoms with Crippen molar-refractivity contribution in [2.75, 3.05) is 19.6 Å². The third-order valence-corrected chi connectivity index (χ3v) is 4.49. The maximum Gasteiger partial charge on any atom is 0.245 e. The smallest absolute Gasteiger partial charge is 0.245 e. The Balaban J connectivity index is 2.05. The second-order valence-corrected chi connectivity index (χ2v) is 6.17. The quantitative estimate of drug-likeness (QED) is 0.902. The summed E-state index contributed by atoms with van der Waals surface area (Å²) in [5.74, 6) is -0.123. The fourth-order valence-corrected chi connectivity index (χ4v) is 3.09. The van der Waals surface area contributed by atoms with Gasteiger partial charge in [0.15, 0.2) is 0 Å². The zero-order chi connectivity index (χ0) is 17.0. The second kappa shape index (κ2) is 7.59. The van der Waals surface area contributed by atoms with Crippen LogP contribution in [0.5, 0.6) is 0 Å². The van der Waals surface area contributed by atoms with Gasteiger partial charge in [-0.25, -0.2) is 0 Å². The minimum atomic E-state index is -0.716. The summed E-state index contributed by atoms with van der Waals surface area (Å²) in [6, 6.07) is 7.29. The molecule has 1 saturated heterocycles. The number of nitrogens with zero attached hydrogens (tertiary/aromatic N) is 2. The second-order valence-electron chi connectivity index (χ2n) is 6.17.